The smallest absolute Gasteiger partial charge is 0.221 e. The number of rotatable bonds is 5. The summed E-state index contributed by atoms with van der Waals surface area (Å²) >= 11 is 0. The summed E-state index contributed by atoms with van der Waals surface area (Å²) in [5.41, 5.74) is 5.28. The zero-order chi connectivity index (χ0) is 11.3. The molecule has 0 aliphatic heterocycles. The van der Waals surface area contributed by atoms with Crippen molar-refractivity contribution in [2.45, 2.75) is 32.4 Å². The van der Waals surface area contributed by atoms with Crippen molar-refractivity contribution in [2.24, 2.45) is 5.73 Å². The Morgan fingerprint density at radius 1 is 1.60 bits per heavy atom. The number of carbonyl (C=O) groups is 1. The topological polar surface area (TPSA) is 72.9 Å². The lowest BCUT2D eigenvalue weighted by molar-refractivity contribution is -0.122. The quantitative estimate of drug-likeness (QED) is 0.725. The third-order valence-corrected chi connectivity index (χ3v) is 1.84. The Bertz CT molecular complexity index is 300. The van der Waals surface area contributed by atoms with Gasteiger partial charge >= 0.3 is 0 Å². The summed E-state index contributed by atoms with van der Waals surface area (Å²) in [7, 11) is 0. The molecule has 0 radical (unpaired) electrons. The average molecular weight is 210 g/mol. The molecule has 1 aromatic heterocycles. The molecule has 0 aromatic carbocycles. The summed E-state index contributed by atoms with van der Waals surface area (Å²) in [6.07, 6.45) is 3.91. The zero-order valence-electron chi connectivity index (χ0n) is 9.23. The lowest BCUT2D eigenvalue weighted by atomic mass is 10.0. The first-order valence-electron chi connectivity index (χ1n) is 5.00. The lowest BCUT2D eigenvalue weighted by Gasteiger charge is -2.17. The number of aromatic nitrogens is 2. The molecular formula is C10H18N4O. The van der Waals surface area contributed by atoms with Crippen LogP contribution >= 0.6 is 0 Å². The van der Waals surface area contributed by atoms with Crippen LogP contribution in [0.1, 0.15) is 20.3 Å². The molecule has 0 unspecified atom stereocenters. The molecule has 0 saturated heterocycles. The Morgan fingerprint density at radius 2 is 2.33 bits per heavy atom. The van der Waals surface area contributed by atoms with E-state index in [2.05, 4.69) is 10.4 Å². The number of hydrogen-bond donors (Lipinski definition) is 2. The maximum atomic E-state index is 11.4. The Kier molecular flexibility index (Phi) is 3.85. The Morgan fingerprint density at radius 3 is 2.87 bits per heavy atom. The van der Waals surface area contributed by atoms with E-state index in [1.165, 1.54) is 0 Å². The van der Waals surface area contributed by atoms with Gasteiger partial charge in [-0.2, -0.15) is 5.10 Å². The van der Waals surface area contributed by atoms with Crippen LogP contribution in [0.2, 0.25) is 0 Å². The van der Waals surface area contributed by atoms with Gasteiger partial charge in [-0.1, -0.05) is 0 Å². The first-order chi connectivity index (χ1) is 6.97. The van der Waals surface area contributed by atoms with Crippen molar-refractivity contribution in [3.8, 4) is 0 Å². The Balaban J connectivity index is 2.18. The van der Waals surface area contributed by atoms with Gasteiger partial charge in [-0.15, -0.1) is 0 Å². The van der Waals surface area contributed by atoms with Crippen LogP contribution in [0.3, 0.4) is 0 Å². The Hall–Kier alpha value is -1.36. The summed E-state index contributed by atoms with van der Waals surface area (Å²) in [6.45, 7) is 4.93. The van der Waals surface area contributed by atoms with Gasteiger partial charge in [0.1, 0.15) is 0 Å². The van der Waals surface area contributed by atoms with Gasteiger partial charge in [0, 0.05) is 30.9 Å². The SMILES string of the molecule is CC(C)(N)CC(=O)NCCn1cccn1. The number of nitrogens with zero attached hydrogens (tertiary/aromatic N) is 2. The van der Waals surface area contributed by atoms with Gasteiger partial charge in [0.05, 0.1) is 6.54 Å². The van der Waals surface area contributed by atoms with Gasteiger partial charge in [-0.3, -0.25) is 9.48 Å². The van der Waals surface area contributed by atoms with E-state index in [-0.39, 0.29) is 5.91 Å². The van der Waals surface area contributed by atoms with Crippen molar-refractivity contribution in [1.82, 2.24) is 15.1 Å². The van der Waals surface area contributed by atoms with Crippen LogP contribution in [-0.2, 0) is 11.3 Å². The van der Waals surface area contributed by atoms with Crippen molar-refractivity contribution in [3.05, 3.63) is 18.5 Å². The molecule has 84 valence electrons. The van der Waals surface area contributed by atoms with E-state index in [4.69, 9.17) is 5.73 Å². The van der Waals surface area contributed by atoms with Gasteiger partial charge in [0.15, 0.2) is 0 Å². The molecule has 1 aromatic rings. The van der Waals surface area contributed by atoms with Gasteiger partial charge in [0.2, 0.25) is 5.91 Å². The van der Waals surface area contributed by atoms with Crippen LogP contribution in [0.4, 0.5) is 0 Å². The molecule has 1 heterocycles. The normalized spacial score (nSPS) is 11.4. The maximum absolute atomic E-state index is 11.4. The van der Waals surface area contributed by atoms with Crippen LogP contribution in [0.5, 0.6) is 0 Å². The summed E-state index contributed by atoms with van der Waals surface area (Å²) in [5.74, 6) is -0.0188. The minimum atomic E-state index is -0.449. The van der Waals surface area contributed by atoms with Crippen molar-refractivity contribution >= 4 is 5.91 Å². The van der Waals surface area contributed by atoms with Gasteiger partial charge < -0.3 is 11.1 Å². The summed E-state index contributed by atoms with van der Waals surface area (Å²) in [6, 6.07) is 1.85. The van der Waals surface area contributed by atoms with Gasteiger partial charge in [-0.05, 0) is 19.9 Å². The molecule has 0 fully saturated rings. The van der Waals surface area contributed by atoms with Crippen LogP contribution in [0.15, 0.2) is 18.5 Å². The predicted octanol–water partition coefficient (Wildman–Crippen LogP) is 0.127. The van der Waals surface area contributed by atoms with E-state index in [0.717, 1.165) is 0 Å². The summed E-state index contributed by atoms with van der Waals surface area (Å²) in [5, 5.41) is 6.83. The average Bonchev–Trinajstić information content (AvgIpc) is 2.53. The minimum absolute atomic E-state index is 0.0188. The molecule has 0 atom stereocenters. The van der Waals surface area contributed by atoms with Crippen molar-refractivity contribution in [2.75, 3.05) is 6.54 Å². The van der Waals surface area contributed by atoms with Crippen LogP contribution < -0.4 is 11.1 Å². The molecule has 0 aliphatic rings. The molecule has 3 N–H and O–H groups in total. The molecular weight excluding hydrogens is 192 g/mol. The lowest BCUT2D eigenvalue weighted by Crippen LogP contribution is -2.39. The monoisotopic (exact) mass is 210 g/mol. The molecule has 0 bridgehead atoms. The number of carbonyl (C=O) groups excluding carboxylic acids is 1. The summed E-state index contributed by atoms with van der Waals surface area (Å²) < 4.78 is 1.77. The van der Waals surface area contributed by atoms with Gasteiger partial charge in [0.25, 0.3) is 0 Å². The third kappa shape index (κ3) is 5.17. The molecule has 15 heavy (non-hydrogen) atoms. The second-order valence-corrected chi connectivity index (χ2v) is 4.28. The van der Waals surface area contributed by atoms with E-state index in [9.17, 15) is 4.79 Å². The molecule has 5 heteroatoms. The Labute approximate surface area is 89.6 Å². The minimum Gasteiger partial charge on any atom is -0.354 e. The molecule has 1 amide bonds. The standard InChI is InChI=1S/C10H18N4O/c1-10(2,11)8-9(15)12-5-7-14-6-3-4-13-14/h3-4,6H,5,7-8,11H2,1-2H3,(H,12,15). The van der Waals surface area contributed by atoms with E-state index >= 15 is 0 Å². The van der Waals surface area contributed by atoms with Crippen molar-refractivity contribution in [3.63, 3.8) is 0 Å². The highest BCUT2D eigenvalue weighted by Gasteiger charge is 2.15. The zero-order valence-corrected chi connectivity index (χ0v) is 9.23. The van der Waals surface area contributed by atoms with Crippen LogP contribution in [0.25, 0.3) is 0 Å². The first kappa shape index (κ1) is 11.7. The molecule has 1 rings (SSSR count). The number of hydrogen-bond acceptors (Lipinski definition) is 3. The third-order valence-electron chi connectivity index (χ3n) is 1.84. The van der Waals surface area contributed by atoms with Gasteiger partial charge in [-0.25, -0.2) is 0 Å². The number of nitrogens with two attached hydrogens (primary N) is 1. The second-order valence-electron chi connectivity index (χ2n) is 4.28. The molecule has 0 saturated carbocycles. The van der Waals surface area contributed by atoms with Crippen LogP contribution in [-0.4, -0.2) is 27.8 Å². The largest absolute Gasteiger partial charge is 0.354 e. The molecule has 5 nitrogen and oxygen atoms in total. The van der Waals surface area contributed by atoms with Crippen molar-refractivity contribution in [1.29, 1.82) is 0 Å². The number of amides is 1. The highest BCUT2D eigenvalue weighted by molar-refractivity contribution is 5.76. The number of nitrogens with one attached hydrogen (secondary N) is 1. The summed E-state index contributed by atoms with van der Waals surface area (Å²) in [4.78, 5) is 11.4. The van der Waals surface area contributed by atoms with E-state index in [1.54, 1.807) is 10.9 Å². The predicted molar refractivity (Wildman–Crippen MR) is 58.1 cm³/mol. The fourth-order valence-corrected chi connectivity index (χ4v) is 1.22. The maximum Gasteiger partial charge on any atom is 0.221 e. The van der Waals surface area contributed by atoms with Crippen LogP contribution in [0, 0.1) is 0 Å². The molecule has 0 spiro atoms. The second kappa shape index (κ2) is 4.93. The van der Waals surface area contributed by atoms with E-state index < -0.39 is 5.54 Å². The molecule has 0 aliphatic carbocycles. The highest BCUT2D eigenvalue weighted by Crippen LogP contribution is 2.02. The van der Waals surface area contributed by atoms with E-state index in [1.807, 2.05) is 26.1 Å². The fraction of sp³-hybridized carbons (Fsp3) is 0.600. The van der Waals surface area contributed by atoms with E-state index in [0.29, 0.717) is 19.5 Å². The van der Waals surface area contributed by atoms with Crippen molar-refractivity contribution < 1.29 is 4.79 Å². The highest BCUT2D eigenvalue weighted by atomic mass is 16.1. The fourth-order valence-electron chi connectivity index (χ4n) is 1.22. The first-order valence-corrected chi connectivity index (χ1v) is 5.00.